The molecule has 0 radical (unpaired) electrons. The third-order valence-corrected chi connectivity index (χ3v) is 4.99. The Morgan fingerprint density at radius 1 is 1.08 bits per heavy atom. The van der Waals surface area contributed by atoms with E-state index in [0.717, 1.165) is 44.8 Å². The summed E-state index contributed by atoms with van der Waals surface area (Å²) in [5, 5.41) is 4.55. The van der Waals surface area contributed by atoms with E-state index < -0.39 is 0 Å². The topological polar surface area (TPSA) is 41.4 Å². The predicted molar refractivity (Wildman–Crippen MR) is 104 cm³/mol. The number of hydrogen-bond donors (Lipinski definition) is 0. The van der Waals surface area contributed by atoms with Crippen molar-refractivity contribution in [2.45, 2.75) is 39.2 Å². The average molecular weight is 354 g/mol. The summed E-state index contributed by atoms with van der Waals surface area (Å²) < 4.78 is 1.73. The van der Waals surface area contributed by atoms with Gasteiger partial charge in [0, 0.05) is 45.2 Å². The molecule has 0 bridgehead atoms. The molecule has 26 heavy (non-hydrogen) atoms. The smallest absolute Gasteiger partial charge is 0.272 e. The average Bonchev–Trinajstić information content (AvgIpc) is 2.85. The van der Waals surface area contributed by atoms with Crippen LogP contribution in [0, 0.1) is 0 Å². The molecule has 3 rings (SSSR count). The number of carbonyl (C=O) groups is 1. The van der Waals surface area contributed by atoms with Crippen LogP contribution < -0.4 is 0 Å². The van der Waals surface area contributed by atoms with Gasteiger partial charge >= 0.3 is 0 Å². The molecule has 0 atom stereocenters. The number of carbonyl (C=O) groups excluding carboxylic acids is 1. The predicted octanol–water partition coefficient (Wildman–Crippen LogP) is 3.07. The largest absolute Gasteiger partial charge is 0.336 e. The fourth-order valence-corrected chi connectivity index (χ4v) is 3.37. The van der Waals surface area contributed by atoms with Crippen LogP contribution in [0.25, 0.3) is 0 Å². The summed E-state index contributed by atoms with van der Waals surface area (Å²) in [6.07, 6.45) is 1.00. The van der Waals surface area contributed by atoms with Crippen molar-refractivity contribution in [1.82, 2.24) is 19.6 Å². The van der Waals surface area contributed by atoms with Crippen molar-refractivity contribution in [3.8, 4) is 0 Å². The van der Waals surface area contributed by atoms with Gasteiger partial charge in [-0.1, -0.05) is 51.1 Å². The van der Waals surface area contributed by atoms with E-state index in [9.17, 15) is 4.79 Å². The number of aryl methyl sites for hydroxylation is 1. The molecule has 1 fully saturated rings. The van der Waals surface area contributed by atoms with Gasteiger partial charge in [0.05, 0.1) is 5.69 Å². The van der Waals surface area contributed by atoms with Crippen molar-refractivity contribution in [1.29, 1.82) is 0 Å². The first-order valence-electron chi connectivity index (χ1n) is 9.44. The molecular weight excluding hydrogens is 324 g/mol. The van der Waals surface area contributed by atoms with Crippen molar-refractivity contribution in [2.24, 2.45) is 7.05 Å². The minimum Gasteiger partial charge on any atom is -0.336 e. The van der Waals surface area contributed by atoms with Crippen LogP contribution in [0.3, 0.4) is 0 Å². The first-order chi connectivity index (χ1) is 12.3. The highest BCUT2D eigenvalue weighted by Gasteiger charge is 2.26. The summed E-state index contributed by atoms with van der Waals surface area (Å²) in [4.78, 5) is 17.4. The lowest BCUT2D eigenvalue weighted by molar-refractivity contribution is 0.0750. The van der Waals surface area contributed by atoms with Crippen LogP contribution in [0.1, 0.15) is 48.9 Å². The molecule has 0 saturated carbocycles. The minimum atomic E-state index is -0.0540. The van der Waals surface area contributed by atoms with E-state index in [4.69, 9.17) is 0 Å². The molecule has 2 heterocycles. The molecule has 2 aromatic rings. The van der Waals surface area contributed by atoms with Crippen LogP contribution >= 0.6 is 0 Å². The quantitative estimate of drug-likeness (QED) is 0.851. The van der Waals surface area contributed by atoms with Crippen LogP contribution in [0.2, 0.25) is 0 Å². The maximum Gasteiger partial charge on any atom is 0.272 e. The summed E-state index contributed by atoms with van der Waals surface area (Å²) in [7, 11) is 1.86. The van der Waals surface area contributed by atoms with Crippen molar-refractivity contribution < 1.29 is 4.79 Å². The lowest BCUT2D eigenvalue weighted by atomic mass is 9.92. The summed E-state index contributed by atoms with van der Waals surface area (Å²) in [5.74, 6) is 0.0945. The summed E-state index contributed by atoms with van der Waals surface area (Å²) >= 11 is 0. The van der Waals surface area contributed by atoms with E-state index in [1.54, 1.807) is 4.68 Å². The summed E-state index contributed by atoms with van der Waals surface area (Å²) in [5.41, 5.74) is 2.92. The van der Waals surface area contributed by atoms with Crippen molar-refractivity contribution in [3.05, 3.63) is 53.3 Å². The zero-order valence-electron chi connectivity index (χ0n) is 16.4. The maximum absolute atomic E-state index is 13.0. The number of nitrogens with zero attached hydrogens (tertiary/aromatic N) is 4. The van der Waals surface area contributed by atoms with Crippen molar-refractivity contribution in [3.63, 3.8) is 0 Å². The molecule has 5 heteroatoms. The second kappa shape index (κ2) is 7.62. The fourth-order valence-electron chi connectivity index (χ4n) is 3.37. The van der Waals surface area contributed by atoms with Crippen molar-refractivity contribution in [2.75, 3.05) is 26.2 Å². The first-order valence-corrected chi connectivity index (χ1v) is 9.44. The molecular formula is C21H30N4O. The summed E-state index contributed by atoms with van der Waals surface area (Å²) in [6, 6.07) is 12.5. The van der Waals surface area contributed by atoms with Crippen LogP contribution in [0.5, 0.6) is 0 Å². The Kier molecular flexibility index (Phi) is 5.47. The monoisotopic (exact) mass is 354 g/mol. The molecule has 1 saturated heterocycles. The Morgan fingerprint density at radius 3 is 2.46 bits per heavy atom. The van der Waals surface area contributed by atoms with Gasteiger partial charge in [-0.25, -0.2) is 0 Å². The lowest BCUT2D eigenvalue weighted by Crippen LogP contribution is -2.36. The zero-order valence-corrected chi connectivity index (χ0v) is 16.4. The number of hydrogen-bond acceptors (Lipinski definition) is 3. The van der Waals surface area contributed by atoms with Crippen LogP contribution in [-0.4, -0.2) is 51.7 Å². The molecule has 1 aliphatic rings. The molecule has 0 N–H and O–H groups in total. The van der Waals surface area contributed by atoms with Crippen LogP contribution in [-0.2, 0) is 19.0 Å². The van der Waals surface area contributed by atoms with Gasteiger partial charge in [-0.15, -0.1) is 0 Å². The van der Waals surface area contributed by atoms with Gasteiger partial charge < -0.3 is 4.90 Å². The van der Waals surface area contributed by atoms with Gasteiger partial charge in [-0.05, 0) is 18.1 Å². The van der Waals surface area contributed by atoms with E-state index in [1.165, 1.54) is 5.56 Å². The van der Waals surface area contributed by atoms with Crippen LogP contribution in [0.4, 0.5) is 0 Å². The normalized spacial score (nSPS) is 16.5. The molecule has 140 valence electrons. The standard InChI is InChI=1S/C21H30N4O/c1-21(2,3)19-15-18(23(4)22-19)20(26)25-12-8-11-24(13-14-25)16-17-9-6-5-7-10-17/h5-7,9-10,15H,8,11-14,16H2,1-4H3. The van der Waals surface area contributed by atoms with Gasteiger partial charge in [0.1, 0.15) is 5.69 Å². The highest BCUT2D eigenvalue weighted by atomic mass is 16.2. The maximum atomic E-state index is 13.0. The van der Waals surface area contributed by atoms with Crippen molar-refractivity contribution >= 4 is 5.91 Å². The van der Waals surface area contributed by atoms with E-state index >= 15 is 0 Å². The first kappa shape index (κ1) is 18.6. The Balaban J connectivity index is 1.65. The third kappa shape index (κ3) is 4.33. The number of amides is 1. The van der Waals surface area contributed by atoms with Gasteiger partial charge in [0.15, 0.2) is 0 Å². The van der Waals surface area contributed by atoms with E-state index in [1.807, 2.05) is 24.1 Å². The SMILES string of the molecule is Cn1nc(C(C)(C)C)cc1C(=O)N1CCCN(Cc2ccccc2)CC1. The number of rotatable bonds is 3. The number of aromatic nitrogens is 2. The Labute approximate surface area is 156 Å². The third-order valence-electron chi connectivity index (χ3n) is 4.99. The Bertz CT molecular complexity index is 745. The Hall–Kier alpha value is -2.14. The molecule has 0 unspecified atom stereocenters. The molecule has 1 amide bonds. The second-order valence-electron chi connectivity index (χ2n) is 8.20. The summed E-state index contributed by atoms with van der Waals surface area (Å²) in [6.45, 7) is 10.8. The van der Waals surface area contributed by atoms with E-state index in [-0.39, 0.29) is 11.3 Å². The van der Waals surface area contributed by atoms with Crippen LogP contribution in [0.15, 0.2) is 36.4 Å². The van der Waals surface area contributed by atoms with E-state index in [0.29, 0.717) is 5.69 Å². The fraction of sp³-hybridized carbons (Fsp3) is 0.524. The van der Waals surface area contributed by atoms with Gasteiger partial charge in [0.2, 0.25) is 0 Å². The van der Waals surface area contributed by atoms with Gasteiger partial charge in [0.25, 0.3) is 5.91 Å². The highest BCUT2D eigenvalue weighted by Crippen LogP contribution is 2.22. The molecule has 0 aliphatic carbocycles. The minimum absolute atomic E-state index is 0.0540. The molecule has 1 aromatic heterocycles. The lowest BCUT2D eigenvalue weighted by Gasteiger charge is -2.22. The second-order valence-corrected chi connectivity index (χ2v) is 8.20. The molecule has 0 spiro atoms. The number of benzene rings is 1. The zero-order chi connectivity index (χ0) is 18.7. The molecule has 5 nitrogen and oxygen atoms in total. The van der Waals surface area contributed by atoms with Gasteiger partial charge in [-0.3, -0.25) is 14.4 Å². The molecule has 1 aliphatic heterocycles. The highest BCUT2D eigenvalue weighted by molar-refractivity contribution is 5.92. The van der Waals surface area contributed by atoms with E-state index in [2.05, 4.69) is 55.0 Å². The Morgan fingerprint density at radius 2 is 1.81 bits per heavy atom. The molecule has 1 aromatic carbocycles. The van der Waals surface area contributed by atoms with Gasteiger partial charge in [-0.2, -0.15) is 5.10 Å².